The highest BCUT2D eigenvalue weighted by molar-refractivity contribution is 6.00. The van der Waals surface area contributed by atoms with Crippen molar-refractivity contribution in [3.63, 3.8) is 0 Å². The van der Waals surface area contributed by atoms with Crippen molar-refractivity contribution >= 4 is 11.5 Å². The fraction of sp³-hybridized carbons (Fsp3) is 0.240. The van der Waals surface area contributed by atoms with Gasteiger partial charge in [0.05, 0.1) is 6.61 Å². The van der Waals surface area contributed by atoms with Crippen LogP contribution in [0.3, 0.4) is 0 Å². The van der Waals surface area contributed by atoms with Gasteiger partial charge in [0.25, 0.3) is 0 Å². The maximum absolute atomic E-state index is 11.4. The van der Waals surface area contributed by atoms with Gasteiger partial charge in [0.2, 0.25) is 0 Å². The Kier molecular flexibility index (Phi) is 6.38. The van der Waals surface area contributed by atoms with Crippen LogP contribution in [0.2, 0.25) is 0 Å². The van der Waals surface area contributed by atoms with Gasteiger partial charge in [-0.1, -0.05) is 24.3 Å². The first-order valence-electron chi connectivity index (χ1n) is 10.3. The number of rotatable bonds is 9. The molecule has 0 amide bonds. The summed E-state index contributed by atoms with van der Waals surface area (Å²) >= 11 is 0. The molecule has 2 aromatic heterocycles. The molecule has 6 heteroatoms. The monoisotopic (exact) mass is 416 g/mol. The van der Waals surface area contributed by atoms with Crippen molar-refractivity contribution in [2.45, 2.75) is 25.9 Å². The highest BCUT2D eigenvalue weighted by Crippen LogP contribution is 2.43. The molecular formula is C25H24N2O4. The first-order valence-corrected chi connectivity index (χ1v) is 10.3. The quantitative estimate of drug-likeness (QED) is 0.408. The van der Waals surface area contributed by atoms with Crippen LogP contribution in [0.1, 0.15) is 30.0 Å². The maximum atomic E-state index is 11.4. The topological polar surface area (TPSA) is 81.5 Å². The van der Waals surface area contributed by atoms with E-state index in [2.05, 4.69) is 16.0 Å². The number of aliphatic carboxylic acids is 1. The van der Waals surface area contributed by atoms with Crippen molar-refractivity contribution < 1.29 is 19.4 Å². The largest absolute Gasteiger partial charge is 0.493 e. The number of ether oxygens (including phenoxy) is 2. The Morgan fingerprint density at radius 2 is 1.71 bits per heavy atom. The van der Waals surface area contributed by atoms with Crippen molar-refractivity contribution in [2.24, 2.45) is 0 Å². The molecule has 1 unspecified atom stereocenters. The minimum absolute atomic E-state index is 0.262. The molecule has 1 aliphatic rings. The number of hydrogen-bond acceptors (Lipinski definition) is 5. The zero-order chi connectivity index (χ0) is 21.6. The van der Waals surface area contributed by atoms with Crippen LogP contribution in [-0.4, -0.2) is 40.4 Å². The Morgan fingerprint density at radius 1 is 1.03 bits per heavy atom. The molecule has 6 nitrogen and oxygen atoms in total. The molecule has 1 N–H and O–H groups in total. The van der Waals surface area contributed by atoms with Gasteiger partial charge < -0.3 is 14.6 Å². The molecule has 3 aromatic rings. The molecule has 2 heterocycles. The van der Waals surface area contributed by atoms with E-state index in [-0.39, 0.29) is 6.42 Å². The van der Waals surface area contributed by atoms with Gasteiger partial charge in [-0.15, -0.1) is 0 Å². The molecule has 4 rings (SSSR count). The Morgan fingerprint density at radius 3 is 2.35 bits per heavy atom. The smallest absolute Gasteiger partial charge is 0.333 e. The summed E-state index contributed by atoms with van der Waals surface area (Å²) in [5.41, 5.74) is 6.48. The molecule has 1 aromatic carbocycles. The van der Waals surface area contributed by atoms with Crippen LogP contribution in [0.4, 0.5) is 0 Å². The van der Waals surface area contributed by atoms with Crippen LogP contribution in [0.5, 0.6) is 5.75 Å². The van der Waals surface area contributed by atoms with Crippen LogP contribution in [-0.2, 0) is 16.0 Å². The fourth-order valence-electron chi connectivity index (χ4n) is 3.86. The summed E-state index contributed by atoms with van der Waals surface area (Å²) in [6, 6.07) is 11.6. The second-order valence-corrected chi connectivity index (χ2v) is 7.19. The molecule has 0 saturated carbocycles. The number of fused-ring (bicyclic) bond motifs is 3. The first-order chi connectivity index (χ1) is 15.2. The Balaban J connectivity index is 1.46. The van der Waals surface area contributed by atoms with Crippen molar-refractivity contribution in [2.75, 3.05) is 13.2 Å². The average molecular weight is 416 g/mol. The fourth-order valence-corrected chi connectivity index (χ4v) is 3.86. The predicted molar refractivity (Wildman–Crippen MR) is 118 cm³/mol. The minimum atomic E-state index is -0.970. The lowest BCUT2D eigenvalue weighted by Crippen LogP contribution is -2.26. The lowest BCUT2D eigenvalue weighted by atomic mass is 10.1. The number of pyridine rings is 2. The number of nitrogens with zero attached hydrogens (tertiary/aromatic N) is 2. The summed E-state index contributed by atoms with van der Waals surface area (Å²) in [7, 11) is 0. The van der Waals surface area contributed by atoms with Crippen LogP contribution >= 0.6 is 0 Å². The second-order valence-electron chi connectivity index (χ2n) is 7.19. The molecule has 0 spiro atoms. The van der Waals surface area contributed by atoms with Gasteiger partial charge in [0.15, 0.2) is 6.10 Å². The van der Waals surface area contributed by atoms with E-state index >= 15 is 0 Å². The number of carbonyl (C=O) groups is 1. The molecule has 0 bridgehead atoms. The predicted octanol–water partition coefficient (Wildman–Crippen LogP) is 4.39. The highest BCUT2D eigenvalue weighted by atomic mass is 16.5. The molecule has 0 aliphatic heterocycles. The Labute approximate surface area is 181 Å². The van der Waals surface area contributed by atoms with Crippen LogP contribution in [0, 0.1) is 0 Å². The average Bonchev–Trinajstić information content (AvgIpc) is 3.11. The van der Waals surface area contributed by atoms with E-state index in [1.54, 1.807) is 19.3 Å². The van der Waals surface area contributed by atoms with E-state index < -0.39 is 12.1 Å². The molecule has 0 saturated heterocycles. The third-order valence-corrected chi connectivity index (χ3v) is 5.26. The zero-order valence-electron chi connectivity index (χ0n) is 17.3. The molecule has 1 atom stereocenters. The molecule has 0 fully saturated rings. The molecule has 158 valence electrons. The van der Waals surface area contributed by atoms with Gasteiger partial charge in [-0.25, -0.2) is 4.79 Å². The Bertz CT molecular complexity index is 1060. The summed E-state index contributed by atoms with van der Waals surface area (Å²) in [5.74, 6) is -0.287. The van der Waals surface area contributed by atoms with Crippen molar-refractivity contribution in [3.8, 4) is 16.9 Å². The van der Waals surface area contributed by atoms with E-state index in [1.165, 1.54) is 11.1 Å². The molecular weight excluding hydrogens is 392 g/mol. The van der Waals surface area contributed by atoms with Gasteiger partial charge in [0, 0.05) is 55.4 Å². The van der Waals surface area contributed by atoms with Crippen LogP contribution in [0.15, 0.2) is 67.3 Å². The second kappa shape index (κ2) is 9.53. The summed E-state index contributed by atoms with van der Waals surface area (Å²) in [6.45, 7) is 2.61. The number of aromatic nitrogens is 2. The zero-order valence-corrected chi connectivity index (χ0v) is 17.3. The lowest BCUT2D eigenvalue weighted by molar-refractivity contribution is -0.149. The molecule has 31 heavy (non-hydrogen) atoms. The maximum Gasteiger partial charge on any atom is 0.333 e. The van der Waals surface area contributed by atoms with E-state index in [1.807, 2.05) is 48.8 Å². The summed E-state index contributed by atoms with van der Waals surface area (Å²) in [6.07, 6.45) is 9.60. The first kappa shape index (κ1) is 20.8. The van der Waals surface area contributed by atoms with E-state index in [0.717, 1.165) is 22.3 Å². The standard InChI is InChI=1S/C25H24N2O4/c1-2-30-24(25(28)29)14-17-6-3-4-8-23(17)31-13-5-7-18-21-15-26-11-9-19(21)20-10-12-27-16-22(18)20/h3-4,6-12,15-16,24H,2,5,13-14H2,1H3,(H,28,29). The number of carboxylic acid groups (broad SMARTS) is 1. The van der Waals surface area contributed by atoms with Gasteiger partial charge in [0.1, 0.15) is 5.75 Å². The summed E-state index contributed by atoms with van der Waals surface area (Å²) < 4.78 is 11.4. The summed E-state index contributed by atoms with van der Waals surface area (Å²) in [5, 5.41) is 9.37. The van der Waals surface area contributed by atoms with Gasteiger partial charge >= 0.3 is 5.97 Å². The van der Waals surface area contributed by atoms with Gasteiger partial charge in [-0.3, -0.25) is 9.97 Å². The third kappa shape index (κ3) is 4.49. The number of para-hydroxylation sites is 1. The van der Waals surface area contributed by atoms with Crippen molar-refractivity contribution in [1.82, 2.24) is 9.97 Å². The normalized spacial score (nSPS) is 12.7. The number of hydrogen-bond donors (Lipinski definition) is 1. The lowest BCUT2D eigenvalue weighted by Gasteiger charge is -2.15. The number of benzene rings is 1. The van der Waals surface area contributed by atoms with Gasteiger partial charge in [-0.05, 0) is 47.4 Å². The Hall–Kier alpha value is -3.51. The number of carboxylic acids is 1. The van der Waals surface area contributed by atoms with E-state index in [0.29, 0.717) is 25.4 Å². The molecule has 0 radical (unpaired) electrons. The third-order valence-electron chi connectivity index (χ3n) is 5.26. The van der Waals surface area contributed by atoms with E-state index in [4.69, 9.17) is 9.47 Å². The molecule has 1 aliphatic carbocycles. The minimum Gasteiger partial charge on any atom is -0.493 e. The highest BCUT2D eigenvalue weighted by Gasteiger charge is 2.23. The summed E-state index contributed by atoms with van der Waals surface area (Å²) in [4.78, 5) is 20.0. The van der Waals surface area contributed by atoms with Crippen LogP contribution < -0.4 is 4.74 Å². The van der Waals surface area contributed by atoms with Crippen molar-refractivity contribution in [3.05, 3.63) is 84.0 Å². The SMILES string of the molecule is CCOC(Cc1ccccc1OCCC=C1c2cnccc2-c2ccncc21)C(=O)O. The van der Waals surface area contributed by atoms with Crippen LogP contribution in [0.25, 0.3) is 16.7 Å². The van der Waals surface area contributed by atoms with Gasteiger partial charge in [-0.2, -0.15) is 0 Å². The van der Waals surface area contributed by atoms with E-state index in [9.17, 15) is 9.90 Å². The van der Waals surface area contributed by atoms with Crippen molar-refractivity contribution in [1.29, 1.82) is 0 Å².